The summed E-state index contributed by atoms with van der Waals surface area (Å²) in [4.78, 5) is 27.9. The second kappa shape index (κ2) is 11.6. The zero-order chi connectivity index (χ0) is 29.2. The molecule has 1 aliphatic rings. The quantitative estimate of drug-likeness (QED) is 0.425. The molecule has 12 heteroatoms. The van der Waals surface area contributed by atoms with Crippen LogP contribution in [0.3, 0.4) is 0 Å². The van der Waals surface area contributed by atoms with Crippen molar-refractivity contribution in [2.24, 2.45) is 5.92 Å². The number of aromatic nitrogens is 2. The van der Waals surface area contributed by atoms with Gasteiger partial charge in [-0.25, -0.2) is 13.2 Å². The van der Waals surface area contributed by atoms with Crippen LogP contribution in [0.2, 0.25) is 5.02 Å². The van der Waals surface area contributed by atoms with E-state index >= 15 is 0 Å². The number of carbonyl (C=O) groups excluding carboxylic acids is 2. The molecule has 0 aliphatic carbocycles. The van der Waals surface area contributed by atoms with E-state index < -0.39 is 27.8 Å². The van der Waals surface area contributed by atoms with E-state index in [1.165, 1.54) is 22.9 Å². The molecule has 1 fully saturated rings. The molecule has 0 radical (unpaired) electrons. The third-order valence-electron chi connectivity index (χ3n) is 6.93. The number of nitriles is 1. The van der Waals surface area contributed by atoms with Crippen LogP contribution in [0.25, 0.3) is 10.9 Å². The molecular weight excluding hydrogens is 554 g/mol. The van der Waals surface area contributed by atoms with E-state index in [1.54, 1.807) is 54.6 Å². The average molecular weight is 588 g/mol. The van der Waals surface area contributed by atoms with Gasteiger partial charge in [0.25, 0.3) is 0 Å². The minimum atomic E-state index is -4.33. The molecule has 10 nitrogen and oxygen atoms in total. The molecule has 0 bridgehead atoms. The van der Waals surface area contributed by atoms with Gasteiger partial charge >= 0.3 is 6.09 Å². The summed E-state index contributed by atoms with van der Waals surface area (Å²) in [6, 6.07) is 8.82. The third kappa shape index (κ3) is 6.52. The van der Waals surface area contributed by atoms with Crippen LogP contribution in [-0.4, -0.2) is 59.2 Å². The lowest BCUT2D eigenvalue weighted by molar-refractivity contribution is -0.134. The number of benzene rings is 1. The van der Waals surface area contributed by atoms with Crippen LogP contribution in [0.15, 0.2) is 47.6 Å². The van der Waals surface area contributed by atoms with Crippen molar-refractivity contribution < 1.29 is 22.7 Å². The highest BCUT2D eigenvalue weighted by molar-refractivity contribution is 7.90. The van der Waals surface area contributed by atoms with Crippen LogP contribution < -0.4 is 4.72 Å². The zero-order valence-corrected chi connectivity index (χ0v) is 24.6. The second-order valence-corrected chi connectivity index (χ2v) is 13.2. The first-order valence-electron chi connectivity index (χ1n) is 13.2. The number of ether oxygens (including phenoxy) is 1. The monoisotopic (exact) mass is 587 g/mol. The van der Waals surface area contributed by atoms with Crippen LogP contribution in [0.5, 0.6) is 0 Å². The Hall–Kier alpha value is -3.33. The van der Waals surface area contributed by atoms with E-state index in [9.17, 15) is 23.3 Å². The molecule has 1 N–H and O–H groups in total. The smallest absolute Gasteiger partial charge is 0.418 e. The summed E-state index contributed by atoms with van der Waals surface area (Å²) in [5, 5.41) is 9.55. The maximum Gasteiger partial charge on any atom is 0.418 e. The number of hydrogen-bond donors (Lipinski definition) is 1. The first-order valence-corrected chi connectivity index (χ1v) is 15.1. The molecule has 1 aromatic carbocycles. The summed E-state index contributed by atoms with van der Waals surface area (Å²) in [6.45, 7) is 8.68. The highest BCUT2D eigenvalue weighted by atomic mass is 35.5. The molecule has 2 aromatic heterocycles. The van der Waals surface area contributed by atoms with Crippen molar-refractivity contribution in [2.45, 2.75) is 70.0 Å². The van der Waals surface area contributed by atoms with Crippen molar-refractivity contribution in [1.82, 2.24) is 18.8 Å². The van der Waals surface area contributed by atoms with Crippen molar-refractivity contribution in [3.63, 3.8) is 0 Å². The lowest BCUT2D eigenvalue weighted by Gasteiger charge is -2.33. The van der Waals surface area contributed by atoms with Gasteiger partial charge in [-0.1, -0.05) is 18.5 Å². The molecule has 3 heterocycles. The number of piperidine rings is 1. The molecule has 0 spiro atoms. The van der Waals surface area contributed by atoms with E-state index in [0.717, 1.165) is 12.8 Å². The summed E-state index contributed by atoms with van der Waals surface area (Å²) in [5.74, 6) is 0.165. The molecule has 4 rings (SSSR count). The molecule has 40 heavy (non-hydrogen) atoms. The van der Waals surface area contributed by atoms with Crippen LogP contribution in [0.1, 0.15) is 52.7 Å². The second-order valence-electron chi connectivity index (χ2n) is 11.1. The first-order chi connectivity index (χ1) is 18.8. The van der Waals surface area contributed by atoms with Gasteiger partial charge in [0, 0.05) is 37.4 Å². The lowest BCUT2D eigenvalue weighted by atomic mass is 9.98. The van der Waals surface area contributed by atoms with E-state index in [2.05, 4.69) is 17.7 Å². The average Bonchev–Trinajstić information content (AvgIpc) is 3.52. The van der Waals surface area contributed by atoms with Crippen LogP contribution in [-0.2, 0) is 26.1 Å². The Morgan fingerprint density at radius 3 is 2.52 bits per heavy atom. The number of likely N-dealkylation sites (tertiary alicyclic amines) is 1. The minimum Gasteiger partial charge on any atom is -0.443 e. The van der Waals surface area contributed by atoms with Gasteiger partial charge in [0.1, 0.15) is 28.3 Å². The fourth-order valence-electron chi connectivity index (χ4n) is 4.81. The number of nitrogens with one attached hydrogen (secondary N) is 1. The molecule has 214 valence electrons. The Balaban J connectivity index is 1.67. The van der Waals surface area contributed by atoms with Crippen molar-refractivity contribution in [2.75, 3.05) is 13.1 Å². The van der Waals surface area contributed by atoms with E-state index in [0.29, 0.717) is 30.2 Å². The Labute approximate surface area is 239 Å². The van der Waals surface area contributed by atoms with Crippen LogP contribution >= 0.6 is 11.6 Å². The number of carbonyl (C=O) groups is 2. The Morgan fingerprint density at radius 1 is 1.18 bits per heavy atom. The van der Waals surface area contributed by atoms with Gasteiger partial charge in [-0.05, 0) is 76.3 Å². The highest BCUT2D eigenvalue weighted by Gasteiger charge is 2.33. The number of halogens is 1. The first kappa shape index (κ1) is 29.6. The summed E-state index contributed by atoms with van der Waals surface area (Å²) < 4.78 is 38.7. The molecule has 1 atom stereocenters. The summed E-state index contributed by atoms with van der Waals surface area (Å²) in [5.41, 5.74) is -0.0308. The van der Waals surface area contributed by atoms with Gasteiger partial charge in [0.05, 0.1) is 10.5 Å². The third-order valence-corrected chi connectivity index (χ3v) is 8.93. The summed E-state index contributed by atoms with van der Waals surface area (Å²) >= 11 is 6.43. The van der Waals surface area contributed by atoms with Gasteiger partial charge in [0.2, 0.25) is 15.9 Å². The Kier molecular flexibility index (Phi) is 8.63. The van der Waals surface area contributed by atoms with E-state index in [1.807, 2.05) is 0 Å². The number of nitrogens with zero attached hydrogens (tertiary/aromatic N) is 4. The molecule has 1 aliphatic heterocycles. The maximum absolute atomic E-state index is 13.9. The van der Waals surface area contributed by atoms with Gasteiger partial charge in [-0.15, -0.1) is 0 Å². The number of rotatable bonds is 7. The number of sulfonamides is 1. The summed E-state index contributed by atoms with van der Waals surface area (Å²) in [7, 11) is -4.33. The normalized spacial score (nSPS) is 15.7. The minimum absolute atomic E-state index is 0.0443. The Morgan fingerprint density at radius 2 is 1.88 bits per heavy atom. The van der Waals surface area contributed by atoms with Crippen molar-refractivity contribution in [3.05, 3.63) is 53.4 Å². The van der Waals surface area contributed by atoms with Gasteiger partial charge in [-0.2, -0.15) is 9.98 Å². The summed E-state index contributed by atoms with van der Waals surface area (Å²) in [6.07, 6.45) is 4.29. The maximum atomic E-state index is 13.9. The zero-order valence-electron chi connectivity index (χ0n) is 23.1. The van der Waals surface area contributed by atoms with Crippen molar-refractivity contribution in [1.29, 1.82) is 5.26 Å². The lowest BCUT2D eigenvalue weighted by Crippen LogP contribution is -2.51. The van der Waals surface area contributed by atoms with Gasteiger partial charge in [0.15, 0.2) is 0 Å². The van der Waals surface area contributed by atoms with Crippen LogP contribution in [0, 0.1) is 17.2 Å². The van der Waals surface area contributed by atoms with E-state index in [4.69, 9.17) is 16.3 Å². The molecule has 1 amide bonds. The van der Waals surface area contributed by atoms with Gasteiger partial charge in [-0.3, -0.25) is 9.36 Å². The Bertz CT molecular complexity index is 1560. The fraction of sp³-hybridized carbons (Fsp3) is 0.464. The number of aryl methyl sites for hydroxylation is 1. The molecule has 0 saturated carbocycles. The van der Waals surface area contributed by atoms with Crippen molar-refractivity contribution >= 4 is 44.5 Å². The number of hydrogen-bond acceptors (Lipinski definition) is 6. The topological polar surface area (TPSA) is 126 Å². The van der Waals surface area contributed by atoms with Gasteiger partial charge < -0.3 is 14.2 Å². The highest BCUT2D eigenvalue weighted by Crippen LogP contribution is 2.32. The predicted octanol–water partition coefficient (Wildman–Crippen LogP) is 4.75. The fourth-order valence-corrected chi connectivity index (χ4v) is 6.78. The van der Waals surface area contributed by atoms with Crippen LogP contribution in [0.4, 0.5) is 4.79 Å². The van der Waals surface area contributed by atoms with Crippen molar-refractivity contribution in [3.8, 4) is 6.07 Å². The molecule has 3 aromatic rings. The number of fused-ring (bicyclic) bond motifs is 1. The number of amides is 1. The predicted molar refractivity (Wildman–Crippen MR) is 151 cm³/mol. The molecule has 1 saturated heterocycles. The van der Waals surface area contributed by atoms with E-state index in [-0.39, 0.29) is 34.2 Å². The molecular formula is C28H34ClN5O5S. The largest absolute Gasteiger partial charge is 0.443 e. The standard InChI is InChI=1S/C28H34ClN5O5S/c1-19-9-14-33(15-10-19)26(35)23(12-16-32-13-5-6-20(32)18-30)31-40(37,38)25-21-11-17-34(24(21)8-7-22(25)29)27(36)39-28(2,3)4/h5-8,11,13,17,19,23,31H,9-10,12,14-16H2,1-4H3. The SMILES string of the molecule is CC1CCN(C(=O)C(CCn2cccc2C#N)NS(=O)(=O)c2c(Cl)ccc3c2ccn3C(=O)OC(C)(C)C)CC1. The molecule has 1 unspecified atom stereocenters.